The van der Waals surface area contributed by atoms with E-state index < -0.39 is 30.7 Å². The van der Waals surface area contributed by atoms with E-state index >= 15 is 0 Å². The van der Waals surface area contributed by atoms with E-state index in [1.54, 1.807) is 0 Å². The lowest BCUT2D eigenvalue weighted by Crippen LogP contribution is -2.46. The van der Waals surface area contributed by atoms with E-state index in [9.17, 15) is 5.11 Å². The fourth-order valence-corrected chi connectivity index (χ4v) is 1.06. The number of hydrogen-bond acceptors (Lipinski definition) is 5. The average Bonchev–Trinajstić information content (AvgIpc) is 2.31. The van der Waals surface area contributed by atoms with Crippen molar-refractivity contribution < 1.29 is 25.2 Å². The Morgan fingerprint density at radius 3 is 2.33 bits per heavy atom. The molecule has 0 aromatic heterocycles. The molecule has 1 rings (SSSR count). The first-order valence-corrected chi connectivity index (χ1v) is 3.38. The minimum atomic E-state index is -2.14. The van der Waals surface area contributed by atoms with Crippen molar-refractivity contribution in [2.24, 2.45) is 0 Å². The standard InChI is InChI=1S/C7H10O5/c1-2-4-5(9)6(10)7(11,3-8)12-4/h1,4-6,8-11H,3H2/t4-,5+,6+,7?/m0/s1. The largest absolute Gasteiger partial charge is 0.391 e. The molecule has 0 bridgehead atoms. The van der Waals surface area contributed by atoms with Crippen LogP contribution in [0.1, 0.15) is 0 Å². The van der Waals surface area contributed by atoms with Crippen LogP contribution in [0.2, 0.25) is 0 Å². The zero-order valence-electron chi connectivity index (χ0n) is 6.21. The Balaban J connectivity index is 2.81. The summed E-state index contributed by atoms with van der Waals surface area (Å²) < 4.78 is 4.64. The maximum atomic E-state index is 9.26. The molecule has 0 spiro atoms. The minimum Gasteiger partial charge on any atom is -0.391 e. The summed E-state index contributed by atoms with van der Waals surface area (Å²) in [6.07, 6.45) is 0.889. The fourth-order valence-electron chi connectivity index (χ4n) is 1.06. The molecule has 1 aliphatic rings. The molecule has 5 nitrogen and oxygen atoms in total. The van der Waals surface area contributed by atoms with Crippen molar-refractivity contribution in [1.82, 2.24) is 0 Å². The zero-order chi connectivity index (χ0) is 9.35. The van der Waals surface area contributed by atoms with Gasteiger partial charge < -0.3 is 25.2 Å². The van der Waals surface area contributed by atoms with Gasteiger partial charge in [-0.05, 0) is 0 Å². The van der Waals surface area contributed by atoms with Crippen molar-refractivity contribution in [3.8, 4) is 12.3 Å². The Morgan fingerprint density at radius 2 is 2.08 bits per heavy atom. The van der Waals surface area contributed by atoms with Crippen LogP contribution in [0.4, 0.5) is 0 Å². The molecule has 1 fully saturated rings. The van der Waals surface area contributed by atoms with Gasteiger partial charge in [-0.25, -0.2) is 0 Å². The molecule has 0 aromatic rings. The number of aliphatic hydroxyl groups is 4. The second-order valence-corrected chi connectivity index (χ2v) is 2.64. The van der Waals surface area contributed by atoms with Crippen LogP contribution in [0.3, 0.4) is 0 Å². The highest BCUT2D eigenvalue weighted by Gasteiger charge is 2.52. The van der Waals surface area contributed by atoms with Crippen molar-refractivity contribution in [3.63, 3.8) is 0 Å². The summed E-state index contributed by atoms with van der Waals surface area (Å²) in [5.41, 5.74) is 0. The molecule has 5 heteroatoms. The molecule has 1 heterocycles. The monoisotopic (exact) mass is 174 g/mol. The highest BCUT2D eigenvalue weighted by Crippen LogP contribution is 2.28. The maximum Gasteiger partial charge on any atom is 0.219 e. The summed E-state index contributed by atoms with van der Waals surface area (Å²) in [6, 6.07) is 0. The predicted octanol–water partition coefficient (Wildman–Crippen LogP) is -2.58. The third kappa shape index (κ3) is 1.20. The molecule has 0 aliphatic carbocycles. The molecule has 68 valence electrons. The number of hydrogen-bond donors (Lipinski definition) is 4. The van der Waals surface area contributed by atoms with Crippen LogP contribution in [0.5, 0.6) is 0 Å². The van der Waals surface area contributed by atoms with Gasteiger partial charge in [0.15, 0.2) is 0 Å². The third-order valence-corrected chi connectivity index (χ3v) is 1.82. The van der Waals surface area contributed by atoms with Gasteiger partial charge in [-0.1, -0.05) is 5.92 Å². The SMILES string of the molecule is C#C[C@@H]1OC(O)(CO)[C@H](O)[C@@H]1O. The van der Waals surface area contributed by atoms with Crippen molar-refractivity contribution in [2.45, 2.75) is 24.1 Å². The van der Waals surface area contributed by atoms with Crippen LogP contribution in [-0.2, 0) is 4.74 Å². The van der Waals surface area contributed by atoms with Gasteiger partial charge in [-0.2, -0.15) is 0 Å². The molecule has 12 heavy (non-hydrogen) atoms. The van der Waals surface area contributed by atoms with Gasteiger partial charge >= 0.3 is 0 Å². The van der Waals surface area contributed by atoms with Gasteiger partial charge in [0, 0.05) is 0 Å². The number of aliphatic hydroxyl groups excluding tert-OH is 3. The highest BCUT2D eigenvalue weighted by atomic mass is 16.7. The van der Waals surface area contributed by atoms with Crippen molar-refractivity contribution in [2.75, 3.05) is 6.61 Å². The Kier molecular flexibility index (Phi) is 2.37. The van der Waals surface area contributed by atoms with Crippen molar-refractivity contribution >= 4 is 0 Å². The molecule has 1 unspecified atom stereocenters. The molecule has 1 saturated heterocycles. The number of terminal acetylenes is 1. The van der Waals surface area contributed by atoms with Crippen LogP contribution >= 0.6 is 0 Å². The zero-order valence-corrected chi connectivity index (χ0v) is 6.21. The van der Waals surface area contributed by atoms with E-state index in [1.807, 2.05) is 5.92 Å². The van der Waals surface area contributed by atoms with Crippen LogP contribution in [0, 0.1) is 12.3 Å². The Hall–Kier alpha value is -0.640. The summed E-state index contributed by atoms with van der Waals surface area (Å²) in [7, 11) is 0. The molecule has 0 saturated carbocycles. The molecular weight excluding hydrogens is 164 g/mol. The average molecular weight is 174 g/mol. The first kappa shape index (κ1) is 9.45. The van der Waals surface area contributed by atoms with Gasteiger partial charge in [0.25, 0.3) is 0 Å². The lowest BCUT2D eigenvalue weighted by atomic mass is 10.1. The lowest BCUT2D eigenvalue weighted by molar-refractivity contribution is -0.240. The molecule has 0 aromatic carbocycles. The summed E-state index contributed by atoms with van der Waals surface area (Å²) in [4.78, 5) is 0. The first-order valence-electron chi connectivity index (χ1n) is 3.38. The molecular formula is C7H10O5. The van der Waals surface area contributed by atoms with E-state index in [4.69, 9.17) is 21.7 Å². The van der Waals surface area contributed by atoms with Gasteiger partial charge in [0.05, 0.1) is 6.61 Å². The normalized spacial score (nSPS) is 47.4. The van der Waals surface area contributed by atoms with E-state index in [0.717, 1.165) is 0 Å². The molecule has 4 N–H and O–H groups in total. The first-order chi connectivity index (χ1) is 5.55. The van der Waals surface area contributed by atoms with E-state index in [2.05, 4.69) is 4.74 Å². The molecule has 0 radical (unpaired) electrons. The minimum absolute atomic E-state index is 0.816. The van der Waals surface area contributed by atoms with Gasteiger partial charge in [-0.15, -0.1) is 6.42 Å². The van der Waals surface area contributed by atoms with Crippen LogP contribution < -0.4 is 0 Å². The molecule has 1 aliphatic heterocycles. The van der Waals surface area contributed by atoms with E-state index in [0.29, 0.717) is 0 Å². The predicted molar refractivity (Wildman–Crippen MR) is 37.8 cm³/mol. The summed E-state index contributed by atoms with van der Waals surface area (Å²) in [5, 5.41) is 36.1. The number of ether oxygens (including phenoxy) is 1. The summed E-state index contributed by atoms with van der Waals surface area (Å²) in [6.45, 7) is -0.816. The van der Waals surface area contributed by atoms with E-state index in [1.165, 1.54) is 0 Å². The molecule has 4 atom stereocenters. The molecule has 0 amide bonds. The topological polar surface area (TPSA) is 90.2 Å². The van der Waals surface area contributed by atoms with Crippen LogP contribution in [0.25, 0.3) is 0 Å². The second-order valence-electron chi connectivity index (χ2n) is 2.64. The lowest BCUT2D eigenvalue weighted by Gasteiger charge is -2.22. The third-order valence-electron chi connectivity index (χ3n) is 1.82. The van der Waals surface area contributed by atoms with Crippen LogP contribution in [-0.4, -0.2) is 51.1 Å². The Morgan fingerprint density at radius 1 is 1.50 bits per heavy atom. The highest BCUT2D eigenvalue weighted by molar-refractivity contribution is 5.08. The second kappa shape index (κ2) is 3.01. The van der Waals surface area contributed by atoms with Crippen LogP contribution in [0.15, 0.2) is 0 Å². The smallest absolute Gasteiger partial charge is 0.219 e. The summed E-state index contributed by atoms with van der Waals surface area (Å²) in [5.74, 6) is -0.112. The fraction of sp³-hybridized carbons (Fsp3) is 0.714. The Bertz CT molecular complexity index is 210. The number of rotatable bonds is 1. The maximum absolute atomic E-state index is 9.26. The van der Waals surface area contributed by atoms with Crippen molar-refractivity contribution in [3.05, 3.63) is 0 Å². The van der Waals surface area contributed by atoms with Crippen molar-refractivity contribution in [1.29, 1.82) is 0 Å². The summed E-state index contributed by atoms with van der Waals surface area (Å²) >= 11 is 0. The van der Waals surface area contributed by atoms with E-state index in [-0.39, 0.29) is 0 Å². The Labute approximate surface area is 69.2 Å². The van der Waals surface area contributed by atoms with Gasteiger partial charge in [0.2, 0.25) is 5.79 Å². The van der Waals surface area contributed by atoms with Gasteiger partial charge in [0.1, 0.15) is 18.3 Å². The van der Waals surface area contributed by atoms with Gasteiger partial charge in [-0.3, -0.25) is 0 Å². The quantitative estimate of drug-likeness (QED) is 0.328.